The van der Waals surface area contributed by atoms with Crippen molar-refractivity contribution >= 4 is 5.91 Å². The van der Waals surface area contributed by atoms with Crippen molar-refractivity contribution in [2.45, 2.75) is 19.3 Å². The second kappa shape index (κ2) is 7.34. The monoisotopic (exact) mass is 269 g/mol. The molecule has 0 aliphatic heterocycles. The van der Waals surface area contributed by atoms with Gasteiger partial charge >= 0.3 is 0 Å². The van der Waals surface area contributed by atoms with Gasteiger partial charge in [0, 0.05) is 6.54 Å². The molecule has 0 atom stereocenters. The van der Waals surface area contributed by atoms with E-state index in [-0.39, 0.29) is 11.7 Å². The number of nitrogens with one attached hydrogen (secondary N) is 1. The van der Waals surface area contributed by atoms with Crippen LogP contribution in [0.5, 0.6) is 5.75 Å². The Kier molecular flexibility index (Phi) is 5.18. The fourth-order valence-electron chi connectivity index (χ4n) is 2.08. The van der Waals surface area contributed by atoms with Gasteiger partial charge in [-0.15, -0.1) is 0 Å². The maximum atomic E-state index is 11.7. The lowest BCUT2D eigenvalue weighted by Gasteiger charge is -2.06. The highest BCUT2D eigenvalue weighted by atomic mass is 16.3. The lowest BCUT2D eigenvalue weighted by atomic mass is 10.1. The van der Waals surface area contributed by atoms with E-state index < -0.39 is 0 Å². The highest BCUT2D eigenvalue weighted by Gasteiger charge is 2.03. The summed E-state index contributed by atoms with van der Waals surface area (Å²) in [7, 11) is 0. The summed E-state index contributed by atoms with van der Waals surface area (Å²) in [6.45, 7) is 0.673. The fourth-order valence-corrected chi connectivity index (χ4v) is 2.08. The van der Waals surface area contributed by atoms with Crippen LogP contribution in [-0.4, -0.2) is 17.6 Å². The molecule has 2 rings (SSSR count). The Labute approximate surface area is 119 Å². The van der Waals surface area contributed by atoms with Crippen LogP contribution in [-0.2, 0) is 17.6 Å². The number of benzene rings is 2. The predicted molar refractivity (Wildman–Crippen MR) is 79.6 cm³/mol. The first kappa shape index (κ1) is 14.1. The van der Waals surface area contributed by atoms with Gasteiger partial charge in [0.25, 0.3) is 0 Å². The van der Waals surface area contributed by atoms with E-state index in [0.29, 0.717) is 13.0 Å². The molecule has 2 aromatic rings. The van der Waals surface area contributed by atoms with Gasteiger partial charge in [0.1, 0.15) is 5.75 Å². The molecule has 3 nitrogen and oxygen atoms in total. The van der Waals surface area contributed by atoms with E-state index in [2.05, 4.69) is 17.4 Å². The molecule has 0 heterocycles. The molecule has 2 aromatic carbocycles. The summed E-state index contributed by atoms with van der Waals surface area (Å²) < 4.78 is 0. The number of rotatable bonds is 6. The zero-order chi connectivity index (χ0) is 14.2. The van der Waals surface area contributed by atoms with Crippen LogP contribution in [0, 0.1) is 0 Å². The molecule has 20 heavy (non-hydrogen) atoms. The Hall–Kier alpha value is -2.29. The Morgan fingerprint density at radius 3 is 2.50 bits per heavy atom. The quantitative estimate of drug-likeness (QED) is 0.792. The van der Waals surface area contributed by atoms with E-state index in [1.165, 1.54) is 5.56 Å². The van der Waals surface area contributed by atoms with Crippen molar-refractivity contribution in [2.75, 3.05) is 6.54 Å². The predicted octanol–water partition coefficient (Wildman–Crippen LogP) is 2.68. The minimum Gasteiger partial charge on any atom is -0.508 e. The first-order valence-corrected chi connectivity index (χ1v) is 6.82. The smallest absolute Gasteiger partial charge is 0.224 e. The molecule has 0 bridgehead atoms. The van der Waals surface area contributed by atoms with Gasteiger partial charge in [-0.3, -0.25) is 4.79 Å². The average molecular weight is 269 g/mol. The molecule has 0 saturated carbocycles. The molecule has 0 aliphatic rings. The molecule has 0 fully saturated rings. The van der Waals surface area contributed by atoms with E-state index in [1.54, 1.807) is 18.2 Å². The van der Waals surface area contributed by atoms with Crippen molar-refractivity contribution in [3.63, 3.8) is 0 Å². The fraction of sp³-hybridized carbons (Fsp3) is 0.235. The molecule has 0 radical (unpaired) electrons. The number of carbonyl (C=O) groups is 1. The first-order chi connectivity index (χ1) is 9.74. The van der Waals surface area contributed by atoms with Crippen LogP contribution in [0.2, 0.25) is 0 Å². The van der Waals surface area contributed by atoms with E-state index in [0.717, 1.165) is 18.4 Å². The van der Waals surface area contributed by atoms with E-state index in [9.17, 15) is 9.90 Å². The third-order valence-electron chi connectivity index (χ3n) is 3.08. The number of phenols is 1. The van der Waals surface area contributed by atoms with Crippen molar-refractivity contribution in [1.82, 2.24) is 5.32 Å². The van der Waals surface area contributed by atoms with Crippen molar-refractivity contribution in [2.24, 2.45) is 0 Å². The summed E-state index contributed by atoms with van der Waals surface area (Å²) in [6.07, 6.45) is 2.20. The number of aromatic hydroxyl groups is 1. The minimum absolute atomic E-state index is 0.0105. The Balaban J connectivity index is 1.68. The van der Waals surface area contributed by atoms with E-state index in [1.807, 2.05) is 24.3 Å². The summed E-state index contributed by atoms with van der Waals surface area (Å²) >= 11 is 0. The molecule has 0 aliphatic carbocycles. The molecule has 104 valence electrons. The Morgan fingerprint density at radius 2 is 1.75 bits per heavy atom. The molecule has 0 saturated heterocycles. The first-order valence-electron chi connectivity index (χ1n) is 6.82. The van der Waals surface area contributed by atoms with Gasteiger partial charge in [0.05, 0.1) is 6.42 Å². The van der Waals surface area contributed by atoms with Gasteiger partial charge in [-0.1, -0.05) is 42.5 Å². The summed E-state index contributed by atoms with van der Waals surface area (Å²) in [5.41, 5.74) is 2.11. The third-order valence-corrected chi connectivity index (χ3v) is 3.08. The number of aryl methyl sites for hydroxylation is 1. The van der Waals surface area contributed by atoms with Gasteiger partial charge in [0.2, 0.25) is 5.91 Å². The Morgan fingerprint density at radius 1 is 1.00 bits per heavy atom. The van der Waals surface area contributed by atoms with Crippen LogP contribution in [0.3, 0.4) is 0 Å². The number of carbonyl (C=O) groups excluding carboxylic acids is 1. The van der Waals surface area contributed by atoms with Gasteiger partial charge in [-0.2, -0.15) is 0 Å². The summed E-state index contributed by atoms with van der Waals surface area (Å²) in [5, 5.41) is 12.2. The van der Waals surface area contributed by atoms with Gasteiger partial charge in [0.15, 0.2) is 0 Å². The van der Waals surface area contributed by atoms with Gasteiger partial charge in [-0.25, -0.2) is 0 Å². The topological polar surface area (TPSA) is 49.3 Å². The third kappa shape index (κ3) is 4.76. The highest BCUT2D eigenvalue weighted by Crippen LogP contribution is 2.11. The maximum Gasteiger partial charge on any atom is 0.224 e. The van der Waals surface area contributed by atoms with E-state index >= 15 is 0 Å². The Bertz CT molecular complexity index is 552. The molecule has 0 aromatic heterocycles. The average Bonchev–Trinajstić information content (AvgIpc) is 2.45. The number of amides is 1. The summed E-state index contributed by atoms with van der Waals surface area (Å²) in [6, 6.07) is 17.0. The lowest BCUT2D eigenvalue weighted by molar-refractivity contribution is -0.120. The maximum absolute atomic E-state index is 11.7. The standard InChI is InChI=1S/C17H19NO2/c19-16-10-4-8-15(12-16)13-17(20)18-11-5-9-14-6-2-1-3-7-14/h1-4,6-8,10,12,19H,5,9,11,13H2,(H,18,20). The normalized spacial score (nSPS) is 10.2. The van der Waals surface area contributed by atoms with Crippen LogP contribution in [0.25, 0.3) is 0 Å². The molecule has 3 heteroatoms. The van der Waals surface area contributed by atoms with Crippen molar-refractivity contribution in [3.8, 4) is 5.75 Å². The summed E-state index contributed by atoms with van der Waals surface area (Å²) in [4.78, 5) is 11.7. The van der Waals surface area contributed by atoms with Gasteiger partial charge in [-0.05, 0) is 36.1 Å². The molecule has 2 N–H and O–H groups in total. The molecule has 1 amide bonds. The number of phenolic OH excluding ortho intramolecular Hbond substituents is 1. The van der Waals surface area contributed by atoms with Crippen LogP contribution in [0.1, 0.15) is 17.5 Å². The van der Waals surface area contributed by atoms with Crippen LogP contribution in [0.4, 0.5) is 0 Å². The van der Waals surface area contributed by atoms with Crippen LogP contribution >= 0.6 is 0 Å². The van der Waals surface area contributed by atoms with E-state index in [4.69, 9.17) is 0 Å². The minimum atomic E-state index is -0.0105. The van der Waals surface area contributed by atoms with Gasteiger partial charge < -0.3 is 10.4 Å². The van der Waals surface area contributed by atoms with Crippen LogP contribution < -0.4 is 5.32 Å². The largest absolute Gasteiger partial charge is 0.508 e. The second-order valence-electron chi connectivity index (χ2n) is 4.79. The zero-order valence-electron chi connectivity index (χ0n) is 11.4. The summed E-state index contributed by atoms with van der Waals surface area (Å²) in [5.74, 6) is 0.183. The second-order valence-corrected chi connectivity index (χ2v) is 4.79. The van der Waals surface area contributed by atoms with Crippen molar-refractivity contribution in [1.29, 1.82) is 0 Å². The van der Waals surface area contributed by atoms with Crippen molar-refractivity contribution in [3.05, 3.63) is 65.7 Å². The lowest BCUT2D eigenvalue weighted by Crippen LogP contribution is -2.26. The number of hydrogen-bond acceptors (Lipinski definition) is 2. The molecular formula is C17H19NO2. The van der Waals surface area contributed by atoms with Crippen molar-refractivity contribution < 1.29 is 9.90 Å². The molecule has 0 unspecified atom stereocenters. The molecule has 0 spiro atoms. The SMILES string of the molecule is O=C(Cc1cccc(O)c1)NCCCc1ccccc1. The molecular weight excluding hydrogens is 250 g/mol. The van der Waals surface area contributed by atoms with Crippen LogP contribution in [0.15, 0.2) is 54.6 Å². The highest BCUT2D eigenvalue weighted by molar-refractivity contribution is 5.78. The zero-order valence-corrected chi connectivity index (χ0v) is 11.4. The number of hydrogen-bond donors (Lipinski definition) is 2.